The van der Waals surface area contributed by atoms with Gasteiger partial charge in [-0.25, -0.2) is 14.8 Å². The van der Waals surface area contributed by atoms with Gasteiger partial charge in [0.2, 0.25) is 0 Å². The van der Waals surface area contributed by atoms with Gasteiger partial charge in [-0.15, -0.1) is 0 Å². The first kappa shape index (κ1) is 28.8. The second-order valence-electron chi connectivity index (χ2n) is 11.1. The highest BCUT2D eigenvalue weighted by atomic mass is 19.4. The fraction of sp³-hybridized carbons (Fsp3) is 0.630. The molecule has 4 heterocycles. The van der Waals surface area contributed by atoms with Crippen LogP contribution >= 0.6 is 0 Å². The molecule has 2 aromatic heterocycles. The van der Waals surface area contributed by atoms with E-state index in [0.29, 0.717) is 38.5 Å². The number of anilines is 2. The minimum Gasteiger partial charge on any atom is -0.368 e. The maximum atomic E-state index is 13.5. The van der Waals surface area contributed by atoms with Gasteiger partial charge in [-0.2, -0.15) is 13.2 Å². The molecule has 2 aromatic rings. The Morgan fingerprint density at radius 2 is 1.54 bits per heavy atom. The molecule has 2 aliphatic rings. The normalized spacial score (nSPS) is 17.4. The van der Waals surface area contributed by atoms with E-state index in [4.69, 9.17) is 0 Å². The molecule has 0 bridgehead atoms. The number of piperazine rings is 2. The highest BCUT2D eigenvalue weighted by molar-refractivity contribution is 5.74. The van der Waals surface area contributed by atoms with Crippen molar-refractivity contribution < 1.29 is 18.0 Å². The molecule has 0 atom stereocenters. The van der Waals surface area contributed by atoms with Crippen molar-refractivity contribution in [2.24, 2.45) is 0 Å². The van der Waals surface area contributed by atoms with E-state index in [9.17, 15) is 18.0 Å². The first-order chi connectivity index (χ1) is 18.5. The summed E-state index contributed by atoms with van der Waals surface area (Å²) in [5.74, 6) is 0.540. The van der Waals surface area contributed by atoms with Crippen molar-refractivity contribution in [2.75, 3.05) is 75.2 Å². The number of nitrogens with one attached hydrogen (secondary N) is 1. The highest BCUT2D eigenvalue weighted by Gasteiger charge is 2.36. The quantitative estimate of drug-likeness (QED) is 0.530. The summed E-state index contributed by atoms with van der Waals surface area (Å²) in [5, 5.41) is 3.03. The molecule has 2 saturated heterocycles. The number of alkyl halides is 3. The summed E-state index contributed by atoms with van der Waals surface area (Å²) in [4.78, 5) is 33.2. The number of carbonyl (C=O) groups excluding carboxylic acids is 1. The fourth-order valence-electron chi connectivity index (χ4n) is 4.77. The number of hydrogen-bond donors (Lipinski definition) is 1. The number of pyridine rings is 1. The van der Waals surface area contributed by atoms with Crippen LogP contribution in [0.3, 0.4) is 0 Å². The van der Waals surface area contributed by atoms with Crippen LogP contribution in [0.5, 0.6) is 0 Å². The van der Waals surface area contributed by atoms with Crippen LogP contribution in [0.25, 0.3) is 0 Å². The number of aromatic nitrogens is 3. The number of unbranched alkanes of at least 4 members (excludes halogenated alkanes) is 1. The van der Waals surface area contributed by atoms with Crippen molar-refractivity contribution in [1.82, 2.24) is 30.1 Å². The molecule has 214 valence electrons. The van der Waals surface area contributed by atoms with Crippen LogP contribution < -0.4 is 15.1 Å². The van der Waals surface area contributed by atoms with Crippen LogP contribution in [-0.2, 0) is 11.6 Å². The molecule has 9 nitrogen and oxygen atoms in total. The zero-order valence-corrected chi connectivity index (χ0v) is 23.0. The highest BCUT2D eigenvalue weighted by Crippen LogP contribution is 2.32. The molecule has 0 spiro atoms. The lowest BCUT2D eigenvalue weighted by Crippen LogP contribution is -2.52. The lowest BCUT2D eigenvalue weighted by molar-refractivity contribution is -0.141. The van der Waals surface area contributed by atoms with E-state index in [0.717, 1.165) is 57.3 Å². The number of halogens is 3. The third kappa shape index (κ3) is 7.93. The maximum absolute atomic E-state index is 13.5. The third-order valence-corrected chi connectivity index (χ3v) is 7.14. The topological polar surface area (TPSA) is 80.7 Å². The molecular formula is C27H39F3N8O. The van der Waals surface area contributed by atoms with Gasteiger partial charge in [0.1, 0.15) is 17.3 Å². The second-order valence-corrected chi connectivity index (χ2v) is 11.1. The van der Waals surface area contributed by atoms with Crippen LogP contribution in [0, 0.1) is 0 Å². The molecule has 0 aliphatic carbocycles. The Hall–Kier alpha value is -3.15. The van der Waals surface area contributed by atoms with Crippen molar-refractivity contribution in [3.63, 3.8) is 0 Å². The van der Waals surface area contributed by atoms with Gasteiger partial charge in [0.15, 0.2) is 0 Å². The number of urea groups is 1. The molecule has 39 heavy (non-hydrogen) atoms. The Kier molecular flexibility index (Phi) is 9.14. The van der Waals surface area contributed by atoms with Gasteiger partial charge in [0.25, 0.3) is 0 Å². The second kappa shape index (κ2) is 12.4. The molecule has 0 aromatic carbocycles. The van der Waals surface area contributed by atoms with Crippen molar-refractivity contribution in [2.45, 2.75) is 45.2 Å². The number of hydrogen-bond acceptors (Lipinski definition) is 7. The van der Waals surface area contributed by atoms with Crippen LogP contribution in [0.1, 0.15) is 45.1 Å². The van der Waals surface area contributed by atoms with Crippen molar-refractivity contribution >= 4 is 17.5 Å². The van der Waals surface area contributed by atoms with Gasteiger partial charge in [-0.3, -0.25) is 9.88 Å². The minimum absolute atomic E-state index is 0.0179. The fourth-order valence-corrected chi connectivity index (χ4v) is 4.77. The third-order valence-electron chi connectivity index (χ3n) is 7.14. The monoisotopic (exact) mass is 548 g/mol. The smallest absolute Gasteiger partial charge is 0.368 e. The molecule has 0 radical (unpaired) electrons. The summed E-state index contributed by atoms with van der Waals surface area (Å²) in [5.41, 5.74) is -0.344. The zero-order chi connectivity index (χ0) is 28.0. The summed E-state index contributed by atoms with van der Waals surface area (Å²) in [7, 11) is 0. The predicted octanol–water partition coefficient (Wildman–Crippen LogP) is 3.62. The van der Waals surface area contributed by atoms with Crippen LogP contribution in [0.2, 0.25) is 0 Å². The molecule has 1 N–H and O–H groups in total. The number of rotatable bonds is 7. The first-order valence-corrected chi connectivity index (χ1v) is 13.6. The Labute approximate surface area is 228 Å². The molecule has 2 aliphatic heterocycles. The van der Waals surface area contributed by atoms with E-state index in [-0.39, 0.29) is 11.9 Å². The van der Waals surface area contributed by atoms with Gasteiger partial charge in [-0.05, 0) is 31.5 Å². The van der Waals surface area contributed by atoms with Gasteiger partial charge in [-0.1, -0.05) is 20.8 Å². The Morgan fingerprint density at radius 3 is 2.15 bits per heavy atom. The standard InChI is InChI=1S/C27H39F3N8O/c1-26(2,3)24-33-22(27(28,29)30)20-23(34-24)37-14-12-35(13-15-37)11-5-4-8-32-25(39)38-18-16-36(17-19-38)21-6-9-31-10-7-21/h6-7,9-10,20H,4-5,8,11-19H2,1-3H3,(H,32,39). The van der Waals surface area contributed by atoms with Crippen LogP contribution in [0.15, 0.2) is 30.6 Å². The first-order valence-electron chi connectivity index (χ1n) is 13.6. The van der Waals surface area contributed by atoms with Crippen molar-refractivity contribution in [3.05, 3.63) is 42.1 Å². The summed E-state index contributed by atoms with van der Waals surface area (Å²) >= 11 is 0. The summed E-state index contributed by atoms with van der Waals surface area (Å²) in [6, 6.07) is 5.01. The molecule has 4 rings (SSSR count). The average molecular weight is 549 g/mol. The predicted molar refractivity (Wildman–Crippen MR) is 145 cm³/mol. The van der Waals surface area contributed by atoms with Gasteiger partial charge in [0.05, 0.1) is 0 Å². The minimum atomic E-state index is -4.51. The van der Waals surface area contributed by atoms with Crippen LogP contribution in [-0.4, -0.2) is 96.2 Å². The van der Waals surface area contributed by atoms with Crippen molar-refractivity contribution in [1.29, 1.82) is 0 Å². The van der Waals surface area contributed by atoms with Gasteiger partial charge in [0, 0.05) is 88.5 Å². The lowest BCUT2D eigenvalue weighted by Gasteiger charge is -2.36. The lowest BCUT2D eigenvalue weighted by atomic mass is 9.95. The summed E-state index contributed by atoms with van der Waals surface area (Å²) < 4.78 is 40.4. The van der Waals surface area contributed by atoms with E-state index in [1.807, 2.05) is 42.7 Å². The number of amides is 2. The Balaban J connectivity index is 1.15. The molecule has 12 heteroatoms. The zero-order valence-electron chi connectivity index (χ0n) is 23.0. The van der Waals surface area contributed by atoms with Crippen molar-refractivity contribution in [3.8, 4) is 0 Å². The Morgan fingerprint density at radius 1 is 0.897 bits per heavy atom. The molecule has 0 saturated carbocycles. The molecule has 2 fully saturated rings. The summed E-state index contributed by atoms with van der Waals surface area (Å²) in [6.45, 7) is 12.7. The van der Waals surface area contributed by atoms with E-state index in [2.05, 4.69) is 30.1 Å². The van der Waals surface area contributed by atoms with Gasteiger partial charge < -0.3 is 20.0 Å². The van der Waals surface area contributed by atoms with Gasteiger partial charge >= 0.3 is 12.2 Å². The Bertz CT molecular complexity index is 1040. The summed E-state index contributed by atoms with van der Waals surface area (Å²) in [6.07, 6.45) is 0.863. The van der Waals surface area contributed by atoms with E-state index < -0.39 is 17.3 Å². The average Bonchev–Trinajstić information content (AvgIpc) is 2.92. The van der Waals surface area contributed by atoms with Crippen LogP contribution in [0.4, 0.5) is 29.5 Å². The maximum Gasteiger partial charge on any atom is 0.433 e. The largest absolute Gasteiger partial charge is 0.433 e. The van der Waals surface area contributed by atoms with E-state index in [1.165, 1.54) is 0 Å². The number of nitrogens with zero attached hydrogens (tertiary/aromatic N) is 7. The van der Waals surface area contributed by atoms with E-state index >= 15 is 0 Å². The SMILES string of the molecule is CC(C)(C)c1nc(N2CCN(CCCCNC(=O)N3CCN(c4ccncc4)CC3)CC2)cc(C(F)(F)F)n1. The molecule has 2 amide bonds. The molecular weight excluding hydrogens is 509 g/mol. The molecule has 0 unspecified atom stereocenters. The number of carbonyl (C=O) groups is 1. The van der Waals surface area contributed by atoms with E-state index in [1.54, 1.807) is 12.4 Å².